The molecule has 2 aromatic rings. The fourth-order valence-electron chi connectivity index (χ4n) is 1.71. The summed E-state index contributed by atoms with van der Waals surface area (Å²) in [6.07, 6.45) is 2.20. The summed E-state index contributed by atoms with van der Waals surface area (Å²) in [4.78, 5) is 15.2. The number of hydrogen-bond acceptors (Lipinski definition) is 5. The summed E-state index contributed by atoms with van der Waals surface area (Å²) in [6.45, 7) is 0.162. The van der Waals surface area contributed by atoms with E-state index in [0.29, 0.717) is 23.4 Å². The number of rotatable bonds is 5. The number of aromatic carboxylic acids is 1. The van der Waals surface area contributed by atoms with Crippen molar-refractivity contribution in [2.24, 2.45) is 0 Å². The number of nitrogens with zero attached hydrogens (tertiary/aromatic N) is 2. The van der Waals surface area contributed by atoms with Gasteiger partial charge in [-0.3, -0.25) is 0 Å². The van der Waals surface area contributed by atoms with Gasteiger partial charge < -0.3 is 14.4 Å². The topological polar surface area (TPSA) is 85.5 Å². The lowest BCUT2D eigenvalue weighted by molar-refractivity contribution is 0.0696. The molecular formula is C13H11IN2O4. The highest BCUT2D eigenvalue weighted by molar-refractivity contribution is 14.1. The zero-order valence-electron chi connectivity index (χ0n) is 10.4. The molecule has 1 N–H and O–H groups in total. The molecule has 1 aromatic carbocycles. The third kappa shape index (κ3) is 2.92. The Balaban J connectivity index is 1.70. The van der Waals surface area contributed by atoms with Crippen molar-refractivity contribution in [3.8, 4) is 5.75 Å². The number of halogens is 1. The van der Waals surface area contributed by atoms with Gasteiger partial charge in [-0.1, -0.05) is 5.16 Å². The van der Waals surface area contributed by atoms with E-state index in [1.165, 1.54) is 12.1 Å². The van der Waals surface area contributed by atoms with Gasteiger partial charge in [0, 0.05) is 5.92 Å². The summed E-state index contributed by atoms with van der Waals surface area (Å²) in [5.74, 6) is 1.07. The Bertz CT molecular complexity index is 652. The van der Waals surface area contributed by atoms with E-state index < -0.39 is 5.97 Å². The van der Waals surface area contributed by atoms with Crippen LogP contribution in [0.1, 0.15) is 40.8 Å². The van der Waals surface area contributed by atoms with Gasteiger partial charge in [0.05, 0.1) is 9.13 Å². The van der Waals surface area contributed by atoms with E-state index in [-0.39, 0.29) is 12.2 Å². The first-order valence-corrected chi connectivity index (χ1v) is 7.19. The summed E-state index contributed by atoms with van der Waals surface area (Å²) in [5, 5.41) is 12.8. The molecule has 6 nitrogen and oxygen atoms in total. The fraction of sp³-hybridized carbons (Fsp3) is 0.308. The Kier molecular flexibility index (Phi) is 3.60. The van der Waals surface area contributed by atoms with Gasteiger partial charge in [0.15, 0.2) is 6.61 Å². The first-order chi connectivity index (χ1) is 9.63. The summed E-state index contributed by atoms with van der Waals surface area (Å²) in [5.41, 5.74) is 0.187. The Morgan fingerprint density at radius 3 is 3.00 bits per heavy atom. The van der Waals surface area contributed by atoms with Crippen molar-refractivity contribution in [3.05, 3.63) is 39.0 Å². The highest BCUT2D eigenvalue weighted by atomic mass is 127. The first kappa shape index (κ1) is 13.3. The smallest absolute Gasteiger partial charge is 0.335 e. The molecule has 0 saturated heterocycles. The van der Waals surface area contributed by atoms with Crippen LogP contribution in [0.2, 0.25) is 0 Å². The Labute approximate surface area is 128 Å². The molecule has 0 aliphatic heterocycles. The lowest BCUT2D eigenvalue weighted by Crippen LogP contribution is -2.02. The zero-order valence-corrected chi connectivity index (χ0v) is 12.5. The minimum Gasteiger partial charge on any atom is -0.484 e. The normalized spacial score (nSPS) is 14.2. The number of ether oxygens (including phenoxy) is 1. The van der Waals surface area contributed by atoms with Crippen molar-refractivity contribution < 1.29 is 19.2 Å². The van der Waals surface area contributed by atoms with Crippen LogP contribution in [0.25, 0.3) is 0 Å². The predicted octanol–water partition coefficient (Wildman–Crippen LogP) is 2.83. The van der Waals surface area contributed by atoms with Crippen LogP contribution in [0.15, 0.2) is 22.7 Å². The van der Waals surface area contributed by atoms with Gasteiger partial charge >= 0.3 is 5.97 Å². The van der Waals surface area contributed by atoms with Gasteiger partial charge in [-0.2, -0.15) is 4.98 Å². The highest BCUT2D eigenvalue weighted by Gasteiger charge is 2.29. The van der Waals surface area contributed by atoms with Crippen LogP contribution in [0.5, 0.6) is 5.75 Å². The van der Waals surface area contributed by atoms with E-state index in [1.807, 2.05) is 0 Å². The van der Waals surface area contributed by atoms with Gasteiger partial charge in [-0.15, -0.1) is 0 Å². The summed E-state index contributed by atoms with van der Waals surface area (Å²) in [7, 11) is 0. The minimum absolute atomic E-state index is 0.162. The molecule has 3 rings (SSSR count). The number of hydrogen-bond donors (Lipinski definition) is 1. The van der Waals surface area contributed by atoms with E-state index >= 15 is 0 Å². The van der Waals surface area contributed by atoms with Crippen LogP contribution in [0.3, 0.4) is 0 Å². The lowest BCUT2D eigenvalue weighted by atomic mass is 10.2. The Morgan fingerprint density at radius 1 is 1.50 bits per heavy atom. The fourth-order valence-corrected chi connectivity index (χ4v) is 2.20. The van der Waals surface area contributed by atoms with Crippen LogP contribution in [-0.2, 0) is 6.61 Å². The molecule has 1 fully saturated rings. The Hall–Kier alpha value is -1.64. The largest absolute Gasteiger partial charge is 0.484 e. The molecule has 0 bridgehead atoms. The summed E-state index contributed by atoms with van der Waals surface area (Å²) in [6, 6.07) is 4.73. The molecule has 0 radical (unpaired) electrons. The number of carboxylic acid groups (broad SMARTS) is 1. The van der Waals surface area contributed by atoms with Crippen LogP contribution in [-0.4, -0.2) is 21.2 Å². The van der Waals surface area contributed by atoms with Crippen LogP contribution in [0, 0.1) is 3.57 Å². The summed E-state index contributed by atoms with van der Waals surface area (Å²) < 4.78 is 11.5. The number of carbonyl (C=O) groups is 1. The standard InChI is InChI=1S/C13H11IN2O4/c14-9-4-3-8(13(17)18)5-10(9)19-6-11-15-12(20-16-11)7-1-2-7/h3-5,7H,1-2,6H2,(H,17,18). The molecule has 7 heteroatoms. The molecule has 1 saturated carbocycles. The molecule has 0 unspecified atom stereocenters. The average Bonchev–Trinajstić information content (AvgIpc) is 3.17. The second kappa shape index (κ2) is 5.39. The van der Waals surface area contributed by atoms with Crippen molar-refractivity contribution in [1.82, 2.24) is 10.1 Å². The van der Waals surface area contributed by atoms with Crippen molar-refractivity contribution in [2.75, 3.05) is 0 Å². The van der Waals surface area contributed by atoms with Gasteiger partial charge in [0.1, 0.15) is 5.75 Å². The van der Waals surface area contributed by atoms with E-state index in [2.05, 4.69) is 32.7 Å². The lowest BCUT2D eigenvalue weighted by Gasteiger charge is -2.06. The van der Waals surface area contributed by atoms with E-state index in [0.717, 1.165) is 16.4 Å². The summed E-state index contributed by atoms with van der Waals surface area (Å²) >= 11 is 2.09. The van der Waals surface area contributed by atoms with Gasteiger partial charge in [-0.05, 0) is 53.6 Å². The maximum atomic E-state index is 10.9. The van der Waals surface area contributed by atoms with Crippen molar-refractivity contribution in [2.45, 2.75) is 25.4 Å². The maximum Gasteiger partial charge on any atom is 0.335 e. The van der Waals surface area contributed by atoms with Crippen LogP contribution in [0.4, 0.5) is 0 Å². The molecule has 1 aliphatic carbocycles. The molecule has 1 heterocycles. The molecule has 0 atom stereocenters. The van der Waals surface area contributed by atoms with Gasteiger partial charge in [0.25, 0.3) is 0 Å². The van der Waals surface area contributed by atoms with Crippen molar-refractivity contribution in [1.29, 1.82) is 0 Å². The van der Waals surface area contributed by atoms with Gasteiger partial charge in [0.2, 0.25) is 11.7 Å². The third-order valence-corrected chi connectivity index (χ3v) is 3.84. The molecule has 1 aromatic heterocycles. The minimum atomic E-state index is -0.984. The molecule has 0 amide bonds. The van der Waals surface area contributed by atoms with Gasteiger partial charge in [-0.25, -0.2) is 4.79 Å². The Morgan fingerprint density at radius 2 is 2.30 bits per heavy atom. The molecule has 104 valence electrons. The molecular weight excluding hydrogens is 375 g/mol. The highest BCUT2D eigenvalue weighted by Crippen LogP contribution is 2.38. The first-order valence-electron chi connectivity index (χ1n) is 6.11. The van der Waals surface area contributed by atoms with Crippen LogP contribution < -0.4 is 4.74 Å². The average molecular weight is 386 g/mol. The van der Waals surface area contributed by atoms with E-state index in [9.17, 15) is 4.79 Å². The predicted molar refractivity (Wildman–Crippen MR) is 76.7 cm³/mol. The van der Waals surface area contributed by atoms with E-state index in [1.54, 1.807) is 6.07 Å². The number of aromatic nitrogens is 2. The van der Waals surface area contributed by atoms with Crippen molar-refractivity contribution >= 4 is 28.6 Å². The third-order valence-electron chi connectivity index (χ3n) is 2.95. The van der Waals surface area contributed by atoms with Crippen molar-refractivity contribution in [3.63, 3.8) is 0 Å². The monoisotopic (exact) mass is 386 g/mol. The number of carboxylic acids is 1. The molecule has 0 spiro atoms. The van der Waals surface area contributed by atoms with Crippen LogP contribution >= 0.6 is 22.6 Å². The second-order valence-corrected chi connectivity index (χ2v) is 5.72. The zero-order chi connectivity index (χ0) is 14.1. The second-order valence-electron chi connectivity index (χ2n) is 4.56. The quantitative estimate of drug-likeness (QED) is 0.796. The maximum absolute atomic E-state index is 10.9. The number of benzene rings is 1. The molecule has 20 heavy (non-hydrogen) atoms. The van der Waals surface area contributed by atoms with E-state index in [4.69, 9.17) is 14.4 Å². The SMILES string of the molecule is O=C(O)c1ccc(I)c(OCc2noc(C3CC3)n2)c1. The molecule has 1 aliphatic rings.